The third kappa shape index (κ3) is 3.57. The van der Waals surface area contributed by atoms with Crippen molar-refractivity contribution in [1.29, 1.82) is 0 Å². The number of hydrogen-bond donors (Lipinski definition) is 1. The van der Waals surface area contributed by atoms with Crippen LogP contribution in [0.5, 0.6) is 0 Å². The van der Waals surface area contributed by atoms with Crippen LogP contribution >= 0.6 is 11.3 Å². The summed E-state index contributed by atoms with van der Waals surface area (Å²) in [4.78, 5) is 17.8. The Hall–Kier alpha value is -3.32. The van der Waals surface area contributed by atoms with E-state index in [0.29, 0.717) is 22.5 Å². The fourth-order valence-corrected chi connectivity index (χ4v) is 3.53. The largest absolute Gasteiger partial charge is 0.416 e. The molecule has 0 aliphatic carbocycles. The van der Waals surface area contributed by atoms with Crippen molar-refractivity contribution < 1.29 is 9.21 Å². The van der Waals surface area contributed by atoms with Gasteiger partial charge in [0.25, 0.3) is 5.91 Å². The number of thiazole rings is 1. The lowest BCUT2D eigenvalue weighted by Gasteiger charge is -2.02. The molecule has 0 saturated heterocycles. The van der Waals surface area contributed by atoms with Gasteiger partial charge in [-0.05, 0) is 56.7 Å². The highest BCUT2D eigenvalue weighted by atomic mass is 32.1. The molecule has 0 aliphatic rings. The van der Waals surface area contributed by atoms with Gasteiger partial charge < -0.3 is 4.42 Å². The molecule has 28 heavy (non-hydrogen) atoms. The lowest BCUT2D eigenvalue weighted by molar-refractivity contribution is 0.102. The topological polar surface area (TPSA) is 80.9 Å². The van der Waals surface area contributed by atoms with E-state index in [-0.39, 0.29) is 5.91 Å². The fourth-order valence-electron chi connectivity index (χ4n) is 2.72. The molecule has 0 radical (unpaired) electrons. The predicted octanol–water partition coefficient (Wildman–Crippen LogP) is 5.04. The van der Waals surface area contributed by atoms with Gasteiger partial charge in [-0.3, -0.25) is 10.1 Å². The lowest BCUT2D eigenvalue weighted by atomic mass is 10.1. The maximum atomic E-state index is 12.4. The summed E-state index contributed by atoms with van der Waals surface area (Å²) in [6.07, 6.45) is 0. The molecule has 0 unspecified atom stereocenters. The molecule has 7 heteroatoms. The average Bonchev–Trinajstić information content (AvgIpc) is 3.29. The van der Waals surface area contributed by atoms with Crippen molar-refractivity contribution in [1.82, 2.24) is 15.2 Å². The Morgan fingerprint density at radius 1 is 0.964 bits per heavy atom. The second-order valence-electron chi connectivity index (χ2n) is 6.42. The molecule has 0 aliphatic heterocycles. The number of rotatable bonds is 4. The SMILES string of the molecule is Cc1ccccc1-c1nnc(-c2ccc(C(=O)Nc3nc(C)c(C)s3)cc2)o1. The number of amides is 1. The molecule has 2 aromatic carbocycles. The van der Waals surface area contributed by atoms with Crippen molar-refractivity contribution in [3.63, 3.8) is 0 Å². The van der Waals surface area contributed by atoms with Gasteiger partial charge in [-0.2, -0.15) is 0 Å². The average molecular weight is 390 g/mol. The number of hydrogen-bond acceptors (Lipinski definition) is 6. The van der Waals surface area contributed by atoms with Crippen LogP contribution in [0.3, 0.4) is 0 Å². The minimum atomic E-state index is -0.202. The van der Waals surface area contributed by atoms with E-state index in [4.69, 9.17) is 4.42 Å². The standard InChI is InChI=1S/C21H18N4O2S/c1-12-6-4-5-7-17(12)20-25-24-19(27-20)16-10-8-15(9-11-16)18(26)23-21-22-13(2)14(3)28-21/h4-11H,1-3H3,(H,22,23,26). The zero-order valence-corrected chi connectivity index (χ0v) is 16.5. The van der Waals surface area contributed by atoms with Gasteiger partial charge in [0, 0.05) is 21.6 Å². The van der Waals surface area contributed by atoms with Crippen LogP contribution in [0.2, 0.25) is 0 Å². The molecule has 6 nitrogen and oxygen atoms in total. The summed E-state index contributed by atoms with van der Waals surface area (Å²) in [7, 11) is 0. The Bertz CT molecular complexity index is 1130. The van der Waals surface area contributed by atoms with Gasteiger partial charge in [-0.15, -0.1) is 21.5 Å². The number of nitrogens with zero attached hydrogens (tertiary/aromatic N) is 3. The molecule has 0 spiro atoms. The zero-order valence-electron chi connectivity index (χ0n) is 15.7. The molecule has 2 heterocycles. The number of carbonyl (C=O) groups excluding carboxylic acids is 1. The smallest absolute Gasteiger partial charge is 0.257 e. The Labute approximate surface area is 166 Å². The number of aryl methyl sites for hydroxylation is 3. The first kappa shape index (κ1) is 18.1. The zero-order chi connectivity index (χ0) is 19.7. The number of anilines is 1. The first-order chi connectivity index (χ1) is 13.5. The van der Waals surface area contributed by atoms with Gasteiger partial charge in [0.2, 0.25) is 11.8 Å². The Balaban J connectivity index is 1.52. The van der Waals surface area contributed by atoms with Crippen LogP contribution in [0.25, 0.3) is 22.9 Å². The van der Waals surface area contributed by atoms with Gasteiger partial charge in [-0.25, -0.2) is 4.98 Å². The molecule has 0 bridgehead atoms. The van der Waals surface area contributed by atoms with Crippen molar-refractivity contribution in [2.24, 2.45) is 0 Å². The predicted molar refractivity (Wildman–Crippen MR) is 109 cm³/mol. The maximum Gasteiger partial charge on any atom is 0.257 e. The van der Waals surface area contributed by atoms with E-state index in [1.165, 1.54) is 11.3 Å². The van der Waals surface area contributed by atoms with E-state index in [1.807, 2.05) is 45.0 Å². The highest BCUT2D eigenvalue weighted by Crippen LogP contribution is 2.26. The Kier molecular flexibility index (Phi) is 4.75. The highest BCUT2D eigenvalue weighted by molar-refractivity contribution is 7.15. The molecule has 0 saturated carbocycles. The third-order valence-electron chi connectivity index (χ3n) is 4.44. The number of aromatic nitrogens is 3. The van der Waals surface area contributed by atoms with E-state index in [9.17, 15) is 4.79 Å². The van der Waals surface area contributed by atoms with Crippen LogP contribution in [0.1, 0.15) is 26.5 Å². The second-order valence-corrected chi connectivity index (χ2v) is 7.62. The van der Waals surface area contributed by atoms with Gasteiger partial charge in [0.1, 0.15) is 0 Å². The monoisotopic (exact) mass is 390 g/mol. The summed E-state index contributed by atoms with van der Waals surface area (Å²) >= 11 is 1.46. The second kappa shape index (κ2) is 7.36. The molecule has 4 rings (SSSR count). The minimum absolute atomic E-state index is 0.202. The van der Waals surface area contributed by atoms with Crippen LogP contribution in [-0.2, 0) is 0 Å². The van der Waals surface area contributed by atoms with E-state index in [2.05, 4.69) is 20.5 Å². The fraction of sp³-hybridized carbons (Fsp3) is 0.143. The quantitative estimate of drug-likeness (QED) is 0.528. The molecule has 1 N–H and O–H groups in total. The molecule has 0 atom stereocenters. The molecule has 4 aromatic rings. The van der Waals surface area contributed by atoms with Crippen molar-refractivity contribution >= 4 is 22.4 Å². The maximum absolute atomic E-state index is 12.4. The first-order valence-electron chi connectivity index (χ1n) is 8.76. The summed E-state index contributed by atoms with van der Waals surface area (Å²) in [6, 6.07) is 14.9. The summed E-state index contributed by atoms with van der Waals surface area (Å²) in [6.45, 7) is 5.90. The Morgan fingerprint density at radius 3 is 2.36 bits per heavy atom. The van der Waals surface area contributed by atoms with Crippen molar-refractivity contribution in [3.05, 3.63) is 70.2 Å². The number of benzene rings is 2. The molecule has 0 fully saturated rings. The molecular formula is C21H18N4O2S. The van der Waals surface area contributed by atoms with Gasteiger partial charge >= 0.3 is 0 Å². The molecule has 1 amide bonds. The van der Waals surface area contributed by atoms with Crippen LogP contribution < -0.4 is 5.32 Å². The third-order valence-corrected chi connectivity index (χ3v) is 5.43. The molecular weight excluding hydrogens is 372 g/mol. The van der Waals surface area contributed by atoms with E-state index in [0.717, 1.165) is 27.3 Å². The first-order valence-corrected chi connectivity index (χ1v) is 9.58. The van der Waals surface area contributed by atoms with Crippen molar-refractivity contribution in [3.8, 4) is 22.9 Å². The molecule has 140 valence electrons. The highest BCUT2D eigenvalue weighted by Gasteiger charge is 2.14. The Morgan fingerprint density at radius 2 is 1.68 bits per heavy atom. The normalized spacial score (nSPS) is 10.8. The van der Waals surface area contributed by atoms with Crippen LogP contribution in [0.4, 0.5) is 5.13 Å². The van der Waals surface area contributed by atoms with E-state index in [1.54, 1.807) is 24.3 Å². The summed E-state index contributed by atoms with van der Waals surface area (Å²) in [5.41, 5.74) is 4.19. The lowest BCUT2D eigenvalue weighted by Crippen LogP contribution is -2.11. The van der Waals surface area contributed by atoms with Crippen LogP contribution in [-0.4, -0.2) is 21.1 Å². The minimum Gasteiger partial charge on any atom is -0.416 e. The summed E-state index contributed by atoms with van der Waals surface area (Å²) < 4.78 is 5.82. The van der Waals surface area contributed by atoms with Crippen molar-refractivity contribution in [2.45, 2.75) is 20.8 Å². The molecule has 2 aromatic heterocycles. The van der Waals surface area contributed by atoms with Crippen LogP contribution in [0.15, 0.2) is 52.9 Å². The van der Waals surface area contributed by atoms with Gasteiger partial charge in [0.05, 0.1) is 5.69 Å². The van der Waals surface area contributed by atoms with Crippen molar-refractivity contribution in [2.75, 3.05) is 5.32 Å². The van der Waals surface area contributed by atoms with E-state index < -0.39 is 0 Å². The van der Waals surface area contributed by atoms with Crippen LogP contribution in [0, 0.1) is 20.8 Å². The van der Waals surface area contributed by atoms with E-state index >= 15 is 0 Å². The van der Waals surface area contributed by atoms with Gasteiger partial charge in [-0.1, -0.05) is 18.2 Å². The number of nitrogens with one attached hydrogen (secondary N) is 1. The summed E-state index contributed by atoms with van der Waals surface area (Å²) in [5, 5.41) is 11.7. The van der Waals surface area contributed by atoms with Gasteiger partial charge in [0.15, 0.2) is 5.13 Å². The summed E-state index contributed by atoms with van der Waals surface area (Å²) in [5.74, 6) is 0.687. The number of carbonyl (C=O) groups is 1.